The summed E-state index contributed by atoms with van der Waals surface area (Å²) >= 11 is 0. The summed E-state index contributed by atoms with van der Waals surface area (Å²) in [6.07, 6.45) is 1.75. The molecule has 6 nitrogen and oxygen atoms in total. The van der Waals surface area contributed by atoms with Gasteiger partial charge in [0, 0.05) is 36.7 Å². The number of nitrogens with zero attached hydrogens (tertiary/aromatic N) is 2. The van der Waals surface area contributed by atoms with Gasteiger partial charge in [-0.15, -0.1) is 0 Å². The third-order valence-electron chi connectivity index (χ3n) is 5.30. The van der Waals surface area contributed by atoms with Crippen molar-refractivity contribution in [2.45, 2.75) is 32.2 Å². The van der Waals surface area contributed by atoms with Gasteiger partial charge in [0.2, 0.25) is 11.8 Å². The molecule has 0 aliphatic carbocycles. The van der Waals surface area contributed by atoms with Crippen LogP contribution in [0.3, 0.4) is 0 Å². The van der Waals surface area contributed by atoms with Crippen LogP contribution < -0.4 is 9.80 Å². The molecule has 3 saturated heterocycles. The van der Waals surface area contributed by atoms with Crippen LogP contribution in [-0.4, -0.2) is 44.3 Å². The fourth-order valence-electron chi connectivity index (χ4n) is 4.22. The molecule has 1 aromatic rings. The molecule has 0 bridgehead atoms. The van der Waals surface area contributed by atoms with E-state index >= 15 is 0 Å². The van der Waals surface area contributed by atoms with Gasteiger partial charge in [0.15, 0.2) is 9.84 Å². The number of anilines is 2. The lowest BCUT2D eigenvalue weighted by atomic mass is 10.0. The minimum Gasteiger partial charge on any atom is -0.312 e. The van der Waals surface area contributed by atoms with Gasteiger partial charge in [-0.25, -0.2) is 8.42 Å². The summed E-state index contributed by atoms with van der Waals surface area (Å²) in [7, 11) is -3.06. The van der Waals surface area contributed by atoms with Crippen LogP contribution in [-0.2, 0) is 19.4 Å². The van der Waals surface area contributed by atoms with Gasteiger partial charge in [0.1, 0.15) is 0 Å². The minimum absolute atomic E-state index is 0.00991. The zero-order chi connectivity index (χ0) is 17.1. The highest BCUT2D eigenvalue weighted by Gasteiger charge is 2.49. The fraction of sp³-hybridized carbons (Fsp3) is 0.529. The van der Waals surface area contributed by atoms with E-state index in [1.807, 2.05) is 25.1 Å². The Balaban J connectivity index is 1.66. The summed E-state index contributed by atoms with van der Waals surface area (Å²) in [6.45, 7) is 2.65. The van der Waals surface area contributed by atoms with E-state index in [4.69, 9.17) is 0 Å². The van der Waals surface area contributed by atoms with Crippen molar-refractivity contribution in [3.8, 4) is 0 Å². The number of hydrogen-bond donors (Lipinski definition) is 0. The quantitative estimate of drug-likeness (QED) is 0.807. The fourth-order valence-corrected chi connectivity index (χ4v) is 6.29. The predicted octanol–water partition coefficient (Wildman–Crippen LogP) is 1.27. The van der Waals surface area contributed by atoms with E-state index in [1.54, 1.807) is 9.80 Å². The summed E-state index contributed by atoms with van der Waals surface area (Å²) in [6, 6.07) is 5.35. The lowest BCUT2D eigenvalue weighted by Gasteiger charge is -2.25. The molecule has 0 N–H and O–H groups in total. The van der Waals surface area contributed by atoms with Crippen LogP contribution >= 0.6 is 0 Å². The molecular weight excluding hydrogens is 328 g/mol. The highest BCUT2D eigenvalue weighted by Crippen LogP contribution is 2.38. The van der Waals surface area contributed by atoms with E-state index in [0.717, 1.165) is 29.9 Å². The van der Waals surface area contributed by atoms with Gasteiger partial charge >= 0.3 is 0 Å². The van der Waals surface area contributed by atoms with Crippen molar-refractivity contribution in [2.24, 2.45) is 5.92 Å². The molecule has 3 heterocycles. The number of sulfone groups is 1. The Morgan fingerprint density at radius 3 is 2.58 bits per heavy atom. The Morgan fingerprint density at radius 2 is 1.92 bits per heavy atom. The number of carbonyl (C=O) groups is 2. The lowest BCUT2D eigenvalue weighted by Crippen LogP contribution is -2.36. The number of rotatable bonds is 2. The molecular formula is C17H20N2O4S. The number of fused-ring (bicyclic) bond motifs is 1. The maximum absolute atomic E-state index is 12.4. The van der Waals surface area contributed by atoms with Crippen LogP contribution in [0.1, 0.15) is 24.8 Å². The standard InChI is InChI=1S/C17H20N2O4S/c1-11-7-13(4-5-14(11)18-6-2-3-16(18)20)19-15-10-24(22,23)9-12(15)8-17(19)21/h4-5,7,12,15H,2-3,6,8-10H2,1H3/t12-,15+/m0/s1. The average Bonchev–Trinajstić information content (AvgIpc) is 3.10. The van der Waals surface area contributed by atoms with E-state index in [-0.39, 0.29) is 35.3 Å². The molecule has 24 heavy (non-hydrogen) atoms. The van der Waals surface area contributed by atoms with Crippen molar-refractivity contribution < 1.29 is 18.0 Å². The molecule has 2 atom stereocenters. The number of carbonyl (C=O) groups excluding carboxylic acids is 2. The van der Waals surface area contributed by atoms with Gasteiger partial charge in [-0.1, -0.05) is 0 Å². The second-order valence-electron chi connectivity index (χ2n) is 6.99. The van der Waals surface area contributed by atoms with Crippen LogP contribution in [0.2, 0.25) is 0 Å². The molecule has 1 aromatic carbocycles. The van der Waals surface area contributed by atoms with Gasteiger partial charge in [-0.3, -0.25) is 9.59 Å². The van der Waals surface area contributed by atoms with Gasteiger partial charge in [-0.2, -0.15) is 0 Å². The van der Waals surface area contributed by atoms with Gasteiger partial charge < -0.3 is 9.80 Å². The zero-order valence-corrected chi connectivity index (χ0v) is 14.4. The first-order valence-corrected chi connectivity index (χ1v) is 10.1. The van der Waals surface area contributed by atoms with Gasteiger partial charge in [-0.05, 0) is 37.1 Å². The molecule has 0 aromatic heterocycles. The highest BCUT2D eigenvalue weighted by atomic mass is 32.2. The Morgan fingerprint density at radius 1 is 1.12 bits per heavy atom. The summed E-state index contributed by atoms with van der Waals surface area (Å²) < 4.78 is 23.8. The number of aryl methyl sites for hydroxylation is 1. The summed E-state index contributed by atoms with van der Waals surface area (Å²) in [5.74, 6) is 0.186. The van der Waals surface area contributed by atoms with E-state index in [0.29, 0.717) is 12.8 Å². The zero-order valence-electron chi connectivity index (χ0n) is 13.6. The van der Waals surface area contributed by atoms with E-state index < -0.39 is 9.84 Å². The molecule has 7 heteroatoms. The Labute approximate surface area is 141 Å². The monoisotopic (exact) mass is 348 g/mol. The molecule has 0 unspecified atom stereocenters. The SMILES string of the molecule is Cc1cc(N2C(=O)C[C@H]3CS(=O)(=O)C[C@H]32)ccc1N1CCCC1=O. The normalized spacial score (nSPS) is 28.7. The van der Waals surface area contributed by atoms with Gasteiger partial charge in [0.25, 0.3) is 0 Å². The van der Waals surface area contributed by atoms with E-state index in [2.05, 4.69) is 0 Å². The Bertz CT molecular complexity index is 833. The van der Waals surface area contributed by atoms with Crippen LogP contribution in [0.4, 0.5) is 11.4 Å². The molecule has 3 fully saturated rings. The third kappa shape index (κ3) is 2.42. The van der Waals surface area contributed by atoms with Crippen molar-refractivity contribution >= 4 is 33.0 Å². The van der Waals surface area contributed by atoms with Crippen LogP contribution in [0.5, 0.6) is 0 Å². The molecule has 4 rings (SSSR count). The Hall–Kier alpha value is -1.89. The molecule has 2 amide bonds. The third-order valence-corrected chi connectivity index (χ3v) is 7.08. The minimum atomic E-state index is -3.06. The first-order chi connectivity index (χ1) is 11.4. The van der Waals surface area contributed by atoms with Crippen molar-refractivity contribution in [2.75, 3.05) is 27.9 Å². The number of benzene rings is 1. The van der Waals surface area contributed by atoms with Crippen molar-refractivity contribution in [3.05, 3.63) is 23.8 Å². The van der Waals surface area contributed by atoms with Crippen molar-refractivity contribution in [1.82, 2.24) is 0 Å². The lowest BCUT2D eigenvalue weighted by molar-refractivity contribution is -0.118. The molecule has 0 saturated carbocycles. The largest absolute Gasteiger partial charge is 0.312 e. The summed E-state index contributed by atoms with van der Waals surface area (Å²) in [4.78, 5) is 27.7. The first kappa shape index (κ1) is 15.6. The van der Waals surface area contributed by atoms with E-state index in [1.165, 1.54) is 0 Å². The van der Waals surface area contributed by atoms with Crippen LogP contribution in [0.25, 0.3) is 0 Å². The smallest absolute Gasteiger partial charge is 0.227 e. The molecule has 3 aliphatic heterocycles. The number of amides is 2. The highest BCUT2D eigenvalue weighted by molar-refractivity contribution is 7.91. The van der Waals surface area contributed by atoms with Crippen molar-refractivity contribution in [1.29, 1.82) is 0 Å². The summed E-state index contributed by atoms with van der Waals surface area (Å²) in [5, 5.41) is 0. The summed E-state index contributed by atoms with van der Waals surface area (Å²) in [5.41, 5.74) is 2.54. The number of hydrogen-bond acceptors (Lipinski definition) is 4. The predicted molar refractivity (Wildman–Crippen MR) is 90.8 cm³/mol. The molecule has 0 radical (unpaired) electrons. The van der Waals surface area contributed by atoms with Crippen LogP contribution in [0.15, 0.2) is 18.2 Å². The molecule has 128 valence electrons. The van der Waals surface area contributed by atoms with Gasteiger partial charge in [0.05, 0.1) is 17.5 Å². The molecule has 3 aliphatic rings. The second-order valence-corrected chi connectivity index (χ2v) is 9.15. The topological polar surface area (TPSA) is 74.8 Å². The van der Waals surface area contributed by atoms with Crippen LogP contribution in [0, 0.1) is 12.8 Å². The van der Waals surface area contributed by atoms with Crippen molar-refractivity contribution in [3.63, 3.8) is 0 Å². The first-order valence-electron chi connectivity index (χ1n) is 8.29. The second kappa shape index (κ2) is 5.31. The molecule has 0 spiro atoms. The van der Waals surface area contributed by atoms with E-state index in [9.17, 15) is 18.0 Å². The maximum Gasteiger partial charge on any atom is 0.227 e. The maximum atomic E-state index is 12.4. The average molecular weight is 348 g/mol. The Kier molecular flexibility index (Phi) is 3.46.